The summed E-state index contributed by atoms with van der Waals surface area (Å²) in [6, 6.07) is 21.3. The van der Waals surface area contributed by atoms with Gasteiger partial charge in [0.05, 0.1) is 23.2 Å². The summed E-state index contributed by atoms with van der Waals surface area (Å²) < 4.78 is 5.60. The van der Waals surface area contributed by atoms with Crippen LogP contribution >= 0.6 is 0 Å². The minimum Gasteiger partial charge on any atom is -0.490 e. The second kappa shape index (κ2) is 11.3. The van der Waals surface area contributed by atoms with Gasteiger partial charge < -0.3 is 30.8 Å². The summed E-state index contributed by atoms with van der Waals surface area (Å²) in [7, 11) is 0. The molecule has 4 aromatic rings. The zero-order chi connectivity index (χ0) is 30.2. The van der Waals surface area contributed by atoms with Gasteiger partial charge in [0, 0.05) is 33.8 Å². The second-order valence-corrected chi connectivity index (χ2v) is 10.9. The Balaban J connectivity index is 1.26. The molecule has 3 atom stereocenters. The van der Waals surface area contributed by atoms with Crippen molar-refractivity contribution in [3.63, 3.8) is 0 Å². The van der Waals surface area contributed by atoms with Gasteiger partial charge in [0.2, 0.25) is 0 Å². The number of amides is 3. The van der Waals surface area contributed by atoms with E-state index in [-0.39, 0.29) is 30.4 Å². The van der Waals surface area contributed by atoms with E-state index in [9.17, 15) is 19.5 Å². The molecule has 0 bridgehead atoms. The number of aromatic amines is 1. The summed E-state index contributed by atoms with van der Waals surface area (Å²) in [5.74, 6) is -0.274. The molecule has 5 N–H and O–H groups in total. The molecule has 6 rings (SSSR count). The fourth-order valence-electron chi connectivity index (χ4n) is 5.72. The normalized spacial score (nSPS) is 18.7. The Labute approximate surface area is 249 Å². The fourth-order valence-corrected chi connectivity index (χ4v) is 5.72. The maximum absolute atomic E-state index is 13.5. The van der Waals surface area contributed by atoms with Gasteiger partial charge >= 0.3 is 0 Å². The van der Waals surface area contributed by atoms with Crippen molar-refractivity contribution in [2.45, 2.75) is 39.0 Å². The SMILES string of the molecule is Cc1[nH]c(/C=C2\C(=O)Nc3ccc(C(=O)N[C@H](C)c4ccccc4)cc32)c(C)c1C(=O)NC1c2ccccc2OCC1O. The van der Waals surface area contributed by atoms with Crippen LogP contribution in [0.1, 0.15) is 73.4 Å². The molecule has 2 unspecified atom stereocenters. The smallest absolute Gasteiger partial charge is 0.256 e. The van der Waals surface area contributed by atoms with Crippen molar-refractivity contribution in [3.05, 3.63) is 118 Å². The van der Waals surface area contributed by atoms with Crippen LogP contribution in [0.25, 0.3) is 11.6 Å². The third kappa shape index (κ3) is 5.30. The van der Waals surface area contributed by atoms with Crippen LogP contribution in [0.3, 0.4) is 0 Å². The molecular weight excluding hydrogens is 544 g/mol. The van der Waals surface area contributed by atoms with Gasteiger partial charge in [0.15, 0.2) is 0 Å². The number of hydrogen-bond acceptors (Lipinski definition) is 5. The summed E-state index contributed by atoms with van der Waals surface area (Å²) in [4.78, 5) is 42.9. The lowest BCUT2D eigenvalue weighted by molar-refractivity contribution is -0.110. The lowest BCUT2D eigenvalue weighted by Crippen LogP contribution is -2.42. The molecule has 0 saturated carbocycles. The number of aryl methyl sites for hydroxylation is 1. The fraction of sp³-hybridized carbons (Fsp3) is 0.206. The summed E-state index contributed by atoms with van der Waals surface area (Å²) in [6.07, 6.45) is 0.799. The number of fused-ring (bicyclic) bond motifs is 2. The van der Waals surface area contributed by atoms with E-state index in [0.717, 1.165) is 5.56 Å². The van der Waals surface area contributed by atoms with Gasteiger partial charge in [-0.15, -0.1) is 0 Å². The van der Waals surface area contributed by atoms with Crippen LogP contribution in [0.4, 0.5) is 5.69 Å². The average molecular weight is 577 g/mol. The Morgan fingerprint density at radius 1 is 1.02 bits per heavy atom. The van der Waals surface area contributed by atoms with Crippen LogP contribution in [-0.2, 0) is 4.79 Å². The molecule has 218 valence electrons. The molecule has 3 aromatic carbocycles. The first-order valence-electron chi connectivity index (χ1n) is 14.1. The summed E-state index contributed by atoms with van der Waals surface area (Å²) in [5.41, 5.74) is 6.03. The number of nitrogens with one attached hydrogen (secondary N) is 4. The van der Waals surface area contributed by atoms with Gasteiger partial charge in [-0.2, -0.15) is 0 Å². The zero-order valence-corrected chi connectivity index (χ0v) is 24.0. The number of benzene rings is 3. The molecular formula is C34H32N4O5. The first kappa shape index (κ1) is 28.0. The predicted octanol–water partition coefficient (Wildman–Crippen LogP) is 4.84. The first-order valence-corrected chi connectivity index (χ1v) is 14.1. The van der Waals surface area contributed by atoms with Crippen LogP contribution in [0.5, 0.6) is 5.75 Å². The number of para-hydroxylation sites is 1. The first-order chi connectivity index (χ1) is 20.7. The highest BCUT2D eigenvalue weighted by atomic mass is 16.5. The van der Waals surface area contributed by atoms with E-state index >= 15 is 0 Å². The molecule has 9 heteroatoms. The van der Waals surface area contributed by atoms with E-state index < -0.39 is 12.1 Å². The summed E-state index contributed by atoms with van der Waals surface area (Å²) in [6.45, 7) is 5.59. The van der Waals surface area contributed by atoms with Crippen molar-refractivity contribution in [1.29, 1.82) is 0 Å². The second-order valence-electron chi connectivity index (χ2n) is 10.9. The standard InChI is InChI=1S/C34H32N4O5/c1-18-27(35-20(3)30(18)34(42)38-31-23-11-7-8-12-29(23)43-17-28(31)39)16-25-24-15-22(13-14-26(24)37-33(25)41)32(40)36-19(2)21-9-5-4-6-10-21/h4-16,19,28,31,35,39H,17H2,1-3H3,(H,36,40)(H,37,41)(H,38,42)/b25-16-/t19-,28?,31?/m1/s1. The van der Waals surface area contributed by atoms with Crippen LogP contribution < -0.4 is 20.7 Å². The maximum atomic E-state index is 13.5. The van der Waals surface area contributed by atoms with Crippen LogP contribution in [0.15, 0.2) is 72.8 Å². The third-order valence-electron chi connectivity index (χ3n) is 8.04. The van der Waals surface area contributed by atoms with E-state index in [4.69, 9.17) is 4.74 Å². The molecule has 0 fully saturated rings. The van der Waals surface area contributed by atoms with Crippen molar-refractivity contribution in [2.75, 3.05) is 11.9 Å². The van der Waals surface area contributed by atoms with E-state index in [2.05, 4.69) is 20.9 Å². The zero-order valence-electron chi connectivity index (χ0n) is 24.0. The van der Waals surface area contributed by atoms with Gasteiger partial charge in [-0.1, -0.05) is 48.5 Å². The van der Waals surface area contributed by atoms with Crippen LogP contribution in [0.2, 0.25) is 0 Å². The Bertz CT molecular complexity index is 1770. The highest BCUT2D eigenvalue weighted by Gasteiger charge is 2.32. The summed E-state index contributed by atoms with van der Waals surface area (Å²) in [5, 5.41) is 19.4. The minimum atomic E-state index is -0.902. The lowest BCUT2D eigenvalue weighted by atomic mass is 9.97. The number of ether oxygens (including phenoxy) is 1. The Morgan fingerprint density at radius 3 is 2.56 bits per heavy atom. The van der Waals surface area contributed by atoms with E-state index in [1.54, 1.807) is 37.3 Å². The van der Waals surface area contributed by atoms with Crippen LogP contribution in [-0.4, -0.2) is 40.5 Å². The highest BCUT2D eigenvalue weighted by Crippen LogP contribution is 2.36. The van der Waals surface area contributed by atoms with Gasteiger partial charge in [0.25, 0.3) is 17.7 Å². The Kier molecular flexibility index (Phi) is 7.33. The Hall–Kier alpha value is -5.15. The van der Waals surface area contributed by atoms with E-state index in [1.807, 2.05) is 62.4 Å². The number of aliphatic hydroxyl groups is 1. The third-order valence-corrected chi connectivity index (χ3v) is 8.04. The van der Waals surface area contributed by atoms with Gasteiger partial charge in [-0.05, 0) is 62.2 Å². The largest absolute Gasteiger partial charge is 0.490 e. The van der Waals surface area contributed by atoms with Gasteiger partial charge in [0.1, 0.15) is 18.5 Å². The summed E-state index contributed by atoms with van der Waals surface area (Å²) >= 11 is 0. The number of aliphatic hydroxyl groups excluding tert-OH is 1. The number of carbonyl (C=O) groups is 3. The van der Waals surface area contributed by atoms with Crippen molar-refractivity contribution in [2.24, 2.45) is 0 Å². The molecule has 3 amide bonds. The quantitative estimate of drug-likeness (QED) is 0.210. The molecule has 9 nitrogen and oxygen atoms in total. The topological polar surface area (TPSA) is 133 Å². The number of anilines is 1. The molecule has 3 heterocycles. The van der Waals surface area contributed by atoms with E-state index in [1.165, 1.54) is 0 Å². The van der Waals surface area contributed by atoms with Gasteiger partial charge in [-0.3, -0.25) is 14.4 Å². The number of H-pyrrole nitrogens is 1. The van der Waals surface area contributed by atoms with Crippen molar-refractivity contribution >= 4 is 35.1 Å². The molecule has 2 aliphatic heterocycles. The molecule has 2 aliphatic rings. The molecule has 0 spiro atoms. The van der Waals surface area contributed by atoms with Crippen molar-refractivity contribution < 1.29 is 24.2 Å². The number of hydrogen-bond donors (Lipinski definition) is 5. The maximum Gasteiger partial charge on any atom is 0.256 e. The highest BCUT2D eigenvalue weighted by molar-refractivity contribution is 6.35. The number of aromatic nitrogens is 1. The number of carbonyl (C=O) groups excluding carboxylic acids is 3. The molecule has 0 aliphatic carbocycles. The van der Waals surface area contributed by atoms with Crippen molar-refractivity contribution in [3.8, 4) is 5.75 Å². The molecule has 1 aromatic heterocycles. The van der Waals surface area contributed by atoms with Gasteiger partial charge in [-0.25, -0.2) is 0 Å². The predicted molar refractivity (Wildman–Crippen MR) is 164 cm³/mol. The Morgan fingerprint density at radius 2 is 1.77 bits per heavy atom. The number of rotatable bonds is 6. The molecule has 0 radical (unpaired) electrons. The lowest BCUT2D eigenvalue weighted by Gasteiger charge is -2.31. The molecule has 0 saturated heterocycles. The van der Waals surface area contributed by atoms with Crippen LogP contribution in [0, 0.1) is 13.8 Å². The van der Waals surface area contributed by atoms with Crippen molar-refractivity contribution in [1.82, 2.24) is 15.6 Å². The monoisotopic (exact) mass is 576 g/mol. The van der Waals surface area contributed by atoms with E-state index in [0.29, 0.717) is 56.2 Å². The average Bonchev–Trinajstić information content (AvgIpc) is 3.47. The minimum absolute atomic E-state index is 0.0735. The molecule has 43 heavy (non-hydrogen) atoms.